The maximum atomic E-state index is 10.8. The zero-order chi connectivity index (χ0) is 13.3. The van der Waals surface area contributed by atoms with E-state index in [0.717, 1.165) is 23.3 Å². The van der Waals surface area contributed by atoms with Crippen LogP contribution in [-0.4, -0.2) is 53.1 Å². The van der Waals surface area contributed by atoms with Gasteiger partial charge in [-0.3, -0.25) is 4.68 Å². The quantitative estimate of drug-likeness (QED) is 0.906. The second-order valence-corrected chi connectivity index (χ2v) is 5.91. The first kappa shape index (κ1) is 14.0. The van der Waals surface area contributed by atoms with Crippen molar-refractivity contribution in [3.05, 3.63) is 16.4 Å². The normalized spacial score (nSPS) is 28.2. The third-order valence-electron chi connectivity index (χ3n) is 3.49. The summed E-state index contributed by atoms with van der Waals surface area (Å²) in [6.07, 6.45) is 2.15. The largest absolute Gasteiger partial charge is 0.381 e. The van der Waals surface area contributed by atoms with Gasteiger partial charge in [-0.25, -0.2) is 0 Å². The molecule has 0 aliphatic carbocycles. The van der Waals surface area contributed by atoms with Crippen LogP contribution < -0.4 is 0 Å². The summed E-state index contributed by atoms with van der Waals surface area (Å²) in [5, 5.41) is 15.2. The fourth-order valence-corrected chi connectivity index (χ4v) is 2.94. The molecule has 2 unspecified atom stereocenters. The first-order valence-electron chi connectivity index (χ1n) is 6.15. The molecule has 1 fully saturated rings. The van der Waals surface area contributed by atoms with E-state index in [2.05, 4.69) is 25.9 Å². The van der Waals surface area contributed by atoms with Crippen LogP contribution in [0.25, 0.3) is 0 Å². The zero-order valence-corrected chi connectivity index (χ0v) is 12.6. The molecule has 5 nitrogen and oxygen atoms in total. The Morgan fingerprint density at radius 3 is 2.94 bits per heavy atom. The Bertz CT molecular complexity index is 421. The third-order valence-corrected chi connectivity index (χ3v) is 4.07. The Kier molecular flexibility index (Phi) is 4.11. The van der Waals surface area contributed by atoms with Gasteiger partial charge in [-0.05, 0) is 36.9 Å². The second kappa shape index (κ2) is 5.28. The molecule has 1 N–H and O–H groups in total. The number of likely N-dealkylation sites (N-methyl/N-ethyl adjacent to an activating group) is 1. The summed E-state index contributed by atoms with van der Waals surface area (Å²) in [6, 6.07) is 0. The number of aromatic nitrogens is 2. The van der Waals surface area contributed by atoms with Crippen LogP contribution in [0.3, 0.4) is 0 Å². The standard InChI is InChI=1S/C12H20BrN3O2/c1-9-12(17,4-7-18-9)11-10(13)8-14-16(11)6-5-15(2)3/h8-9,17H,4-7H2,1-3H3. The van der Waals surface area contributed by atoms with E-state index in [1.54, 1.807) is 6.20 Å². The SMILES string of the molecule is CC1OCCC1(O)c1c(Br)cnn1CCN(C)C. The van der Waals surface area contributed by atoms with Crippen LogP contribution in [0, 0.1) is 0 Å². The molecular weight excluding hydrogens is 298 g/mol. The molecule has 0 radical (unpaired) electrons. The van der Waals surface area contributed by atoms with Crippen LogP contribution >= 0.6 is 15.9 Å². The lowest BCUT2D eigenvalue weighted by Crippen LogP contribution is -2.37. The van der Waals surface area contributed by atoms with Crippen molar-refractivity contribution in [2.45, 2.75) is 31.6 Å². The van der Waals surface area contributed by atoms with Crippen LogP contribution in [0.5, 0.6) is 0 Å². The second-order valence-electron chi connectivity index (χ2n) is 5.05. The number of nitrogens with zero attached hydrogens (tertiary/aromatic N) is 3. The maximum absolute atomic E-state index is 10.8. The number of ether oxygens (including phenoxy) is 1. The molecule has 1 aromatic heterocycles. The molecule has 0 amide bonds. The van der Waals surface area contributed by atoms with Gasteiger partial charge in [-0.2, -0.15) is 5.10 Å². The van der Waals surface area contributed by atoms with Crippen molar-refractivity contribution in [1.82, 2.24) is 14.7 Å². The van der Waals surface area contributed by atoms with Gasteiger partial charge in [-0.15, -0.1) is 0 Å². The average molecular weight is 318 g/mol. The number of rotatable bonds is 4. The molecule has 1 aliphatic heterocycles. The number of aliphatic hydroxyl groups is 1. The minimum atomic E-state index is -0.943. The summed E-state index contributed by atoms with van der Waals surface area (Å²) >= 11 is 3.48. The number of hydrogen-bond acceptors (Lipinski definition) is 4. The van der Waals surface area contributed by atoms with E-state index in [1.807, 2.05) is 25.7 Å². The average Bonchev–Trinajstić information content (AvgIpc) is 2.82. The van der Waals surface area contributed by atoms with E-state index in [9.17, 15) is 5.11 Å². The van der Waals surface area contributed by atoms with Crippen molar-refractivity contribution in [1.29, 1.82) is 0 Å². The first-order chi connectivity index (χ1) is 8.45. The van der Waals surface area contributed by atoms with Gasteiger partial charge in [-0.1, -0.05) is 0 Å². The van der Waals surface area contributed by atoms with E-state index < -0.39 is 5.60 Å². The monoisotopic (exact) mass is 317 g/mol. The fourth-order valence-electron chi connectivity index (χ4n) is 2.30. The maximum Gasteiger partial charge on any atom is 0.135 e. The summed E-state index contributed by atoms with van der Waals surface area (Å²) in [7, 11) is 4.04. The lowest BCUT2D eigenvalue weighted by Gasteiger charge is -2.27. The van der Waals surface area contributed by atoms with E-state index in [-0.39, 0.29) is 6.10 Å². The zero-order valence-electron chi connectivity index (χ0n) is 11.1. The first-order valence-corrected chi connectivity index (χ1v) is 6.95. The Balaban J connectivity index is 2.29. The lowest BCUT2D eigenvalue weighted by molar-refractivity contribution is -0.0384. The molecule has 0 spiro atoms. The molecule has 1 aliphatic rings. The molecule has 18 heavy (non-hydrogen) atoms. The van der Waals surface area contributed by atoms with Crippen molar-refractivity contribution < 1.29 is 9.84 Å². The van der Waals surface area contributed by atoms with Gasteiger partial charge in [0.25, 0.3) is 0 Å². The van der Waals surface area contributed by atoms with Crippen LogP contribution in [0.1, 0.15) is 19.0 Å². The summed E-state index contributed by atoms with van der Waals surface area (Å²) in [6.45, 7) is 4.13. The van der Waals surface area contributed by atoms with Gasteiger partial charge >= 0.3 is 0 Å². The summed E-state index contributed by atoms with van der Waals surface area (Å²) in [5.41, 5.74) is -0.115. The summed E-state index contributed by atoms with van der Waals surface area (Å²) < 4.78 is 8.22. The highest BCUT2D eigenvalue weighted by molar-refractivity contribution is 9.10. The predicted octanol–water partition coefficient (Wildman–Crippen LogP) is 1.20. The van der Waals surface area contributed by atoms with Gasteiger partial charge in [0.1, 0.15) is 5.60 Å². The molecule has 2 atom stereocenters. The molecule has 2 rings (SSSR count). The van der Waals surface area contributed by atoms with E-state index >= 15 is 0 Å². The molecule has 1 saturated heterocycles. The third kappa shape index (κ3) is 2.47. The highest BCUT2D eigenvalue weighted by Crippen LogP contribution is 2.39. The van der Waals surface area contributed by atoms with Crippen molar-refractivity contribution >= 4 is 15.9 Å². The van der Waals surface area contributed by atoms with E-state index in [0.29, 0.717) is 13.0 Å². The van der Waals surface area contributed by atoms with Crippen LogP contribution in [0.2, 0.25) is 0 Å². The Morgan fingerprint density at radius 2 is 2.39 bits per heavy atom. The van der Waals surface area contributed by atoms with Crippen molar-refractivity contribution in [3.63, 3.8) is 0 Å². The van der Waals surface area contributed by atoms with E-state index in [4.69, 9.17) is 4.74 Å². The number of hydrogen-bond donors (Lipinski definition) is 1. The highest BCUT2D eigenvalue weighted by atomic mass is 79.9. The predicted molar refractivity (Wildman–Crippen MR) is 72.4 cm³/mol. The molecule has 0 aromatic carbocycles. The molecule has 1 aromatic rings. The van der Waals surface area contributed by atoms with Crippen LogP contribution in [0.15, 0.2) is 10.7 Å². The molecule has 6 heteroatoms. The minimum Gasteiger partial charge on any atom is -0.381 e. The van der Waals surface area contributed by atoms with Crippen LogP contribution in [-0.2, 0) is 16.9 Å². The highest BCUT2D eigenvalue weighted by Gasteiger charge is 2.45. The number of halogens is 1. The van der Waals surface area contributed by atoms with Crippen molar-refractivity contribution in [3.8, 4) is 0 Å². The molecule has 0 saturated carbocycles. The topological polar surface area (TPSA) is 50.5 Å². The van der Waals surface area contributed by atoms with Gasteiger partial charge in [0.2, 0.25) is 0 Å². The molecule has 0 bridgehead atoms. The fraction of sp³-hybridized carbons (Fsp3) is 0.750. The Hall–Kier alpha value is -0.430. The van der Waals surface area contributed by atoms with Gasteiger partial charge < -0.3 is 14.7 Å². The van der Waals surface area contributed by atoms with Gasteiger partial charge in [0, 0.05) is 13.0 Å². The van der Waals surface area contributed by atoms with Crippen molar-refractivity contribution in [2.75, 3.05) is 27.2 Å². The summed E-state index contributed by atoms with van der Waals surface area (Å²) in [5.74, 6) is 0. The van der Waals surface area contributed by atoms with Gasteiger partial charge in [0.05, 0.1) is 35.6 Å². The minimum absolute atomic E-state index is 0.205. The van der Waals surface area contributed by atoms with Gasteiger partial charge in [0.15, 0.2) is 0 Å². The van der Waals surface area contributed by atoms with Crippen LogP contribution in [0.4, 0.5) is 0 Å². The molecule has 2 heterocycles. The lowest BCUT2D eigenvalue weighted by atomic mass is 9.92. The molecular formula is C12H20BrN3O2. The molecule has 102 valence electrons. The Morgan fingerprint density at radius 1 is 1.67 bits per heavy atom. The van der Waals surface area contributed by atoms with E-state index in [1.165, 1.54) is 0 Å². The Labute approximate surface area is 116 Å². The summed E-state index contributed by atoms with van der Waals surface area (Å²) in [4.78, 5) is 2.10. The smallest absolute Gasteiger partial charge is 0.135 e. The van der Waals surface area contributed by atoms with Crippen molar-refractivity contribution in [2.24, 2.45) is 0 Å².